The first-order valence-electron chi connectivity index (χ1n) is 6.51. The monoisotopic (exact) mass is 267 g/mol. The second kappa shape index (κ2) is 4.35. The Bertz CT molecular complexity index is 788. The molecule has 0 amide bonds. The number of ether oxygens (including phenoxy) is 1. The zero-order valence-corrected chi connectivity index (χ0v) is 11.2. The van der Waals surface area contributed by atoms with Crippen molar-refractivity contribution in [3.63, 3.8) is 0 Å². The second-order valence-corrected chi connectivity index (χ2v) is 5.78. The number of hydrogen-bond acceptors (Lipinski definition) is 3. The maximum Gasteiger partial charge on any atom is 0.216 e. The minimum Gasteiger partial charge on any atom is -0.477 e. The first-order chi connectivity index (χ1) is 9.42. The minimum absolute atomic E-state index is 0.779. The van der Waals surface area contributed by atoms with E-state index in [2.05, 4.69) is 47.5 Å². The van der Waals surface area contributed by atoms with E-state index in [4.69, 9.17) is 4.74 Å². The third kappa shape index (κ3) is 1.81. The van der Waals surface area contributed by atoms with E-state index in [0.29, 0.717) is 0 Å². The molecule has 4 rings (SSSR count). The zero-order chi connectivity index (χ0) is 12.7. The summed E-state index contributed by atoms with van der Waals surface area (Å²) >= 11 is 1.84. The molecule has 0 radical (unpaired) electrons. The standard InChI is InChI=1S/C16H13NOS/c1-2-5-14-12(4-1)13-10-11(6-7-15(13)19-14)16-17-8-3-9-18-16/h1-2,4-7,10H,3,8-9H2. The van der Waals surface area contributed by atoms with Crippen LogP contribution >= 0.6 is 11.3 Å². The zero-order valence-electron chi connectivity index (χ0n) is 10.4. The lowest BCUT2D eigenvalue weighted by molar-refractivity contribution is 0.284. The predicted octanol–water partition coefficient (Wildman–Crippen LogP) is 4.22. The van der Waals surface area contributed by atoms with Crippen LogP contribution in [0.2, 0.25) is 0 Å². The summed E-state index contributed by atoms with van der Waals surface area (Å²) in [5.74, 6) is 0.795. The van der Waals surface area contributed by atoms with Gasteiger partial charge in [-0.15, -0.1) is 11.3 Å². The van der Waals surface area contributed by atoms with Crippen molar-refractivity contribution in [2.45, 2.75) is 6.42 Å². The highest BCUT2D eigenvalue weighted by molar-refractivity contribution is 7.25. The van der Waals surface area contributed by atoms with Gasteiger partial charge in [-0.1, -0.05) is 18.2 Å². The molecule has 1 aliphatic rings. The van der Waals surface area contributed by atoms with Crippen molar-refractivity contribution in [1.82, 2.24) is 0 Å². The molecule has 0 N–H and O–H groups in total. The molecule has 0 fully saturated rings. The summed E-state index contributed by atoms with van der Waals surface area (Å²) in [5, 5.41) is 2.62. The molecule has 2 nitrogen and oxygen atoms in total. The molecular formula is C16H13NOS. The number of rotatable bonds is 1. The summed E-state index contributed by atoms with van der Waals surface area (Å²) < 4.78 is 8.31. The van der Waals surface area contributed by atoms with Crippen molar-refractivity contribution in [1.29, 1.82) is 0 Å². The van der Waals surface area contributed by atoms with Gasteiger partial charge >= 0.3 is 0 Å². The summed E-state index contributed by atoms with van der Waals surface area (Å²) in [6.45, 7) is 1.65. The van der Waals surface area contributed by atoms with Crippen LogP contribution in [-0.2, 0) is 4.74 Å². The van der Waals surface area contributed by atoms with Gasteiger partial charge in [0.15, 0.2) is 0 Å². The molecule has 0 spiro atoms. The third-order valence-corrected chi connectivity index (χ3v) is 4.57. The van der Waals surface area contributed by atoms with Crippen molar-refractivity contribution < 1.29 is 4.74 Å². The molecule has 2 heterocycles. The third-order valence-electron chi connectivity index (χ3n) is 3.42. The Morgan fingerprint density at radius 3 is 2.79 bits per heavy atom. The molecule has 0 bridgehead atoms. The van der Waals surface area contributed by atoms with Crippen LogP contribution in [0.25, 0.3) is 20.2 Å². The van der Waals surface area contributed by atoms with E-state index < -0.39 is 0 Å². The normalized spacial score (nSPS) is 15.5. The van der Waals surface area contributed by atoms with Crippen LogP contribution in [-0.4, -0.2) is 19.0 Å². The van der Waals surface area contributed by atoms with Crippen LogP contribution in [0.15, 0.2) is 47.5 Å². The Labute approximate surface area is 115 Å². The Kier molecular flexibility index (Phi) is 2.52. The fraction of sp³-hybridized carbons (Fsp3) is 0.188. The predicted molar refractivity (Wildman–Crippen MR) is 81.3 cm³/mol. The van der Waals surface area contributed by atoms with Crippen molar-refractivity contribution in [2.75, 3.05) is 13.2 Å². The highest BCUT2D eigenvalue weighted by atomic mass is 32.1. The minimum atomic E-state index is 0.779. The van der Waals surface area contributed by atoms with E-state index in [1.54, 1.807) is 0 Å². The van der Waals surface area contributed by atoms with Crippen LogP contribution in [0.1, 0.15) is 12.0 Å². The molecule has 19 heavy (non-hydrogen) atoms. The number of fused-ring (bicyclic) bond motifs is 3. The number of hydrogen-bond donors (Lipinski definition) is 0. The maximum absolute atomic E-state index is 5.65. The van der Waals surface area contributed by atoms with Crippen LogP contribution in [0.4, 0.5) is 0 Å². The smallest absolute Gasteiger partial charge is 0.216 e. The molecule has 3 heteroatoms. The van der Waals surface area contributed by atoms with Gasteiger partial charge in [0, 0.05) is 38.7 Å². The number of nitrogens with zero attached hydrogens (tertiary/aromatic N) is 1. The van der Waals surface area contributed by atoms with E-state index in [9.17, 15) is 0 Å². The van der Waals surface area contributed by atoms with Gasteiger partial charge in [-0.2, -0.15) is 0 Å². The Morgan fingerprint density at radius 1 is 1.00 bits per heavy atom. The van der Waals surface area contributed by atoms with Crippen LogP contribution in [0.3, 0.4) is 0 Å². The Hall–Kier alpha value is -1.87. The van der Waals surface area contributed by atoms with Crippen molar-refractivity contribution in [2.24, 2.45) is 4.99 Å². The number of aliphatic imine (C=N–C) groups is 1. The van der Waals surface area contributed by atoms with Gasteiger partial charge in [0.05, 0.1) is 6.61 Å². The lowest BCUT2D eigenvalue weighted by atomic mass is 10.1. The molecule has 0 aliphatic carbocycles. The summed E-state index contributed by atoms with van der Waals surface area (Å²) in [4.78, 5) is 4.47. The number of benzene rings is 2. The van der Waals surface area contributed by atoms with Crippen LogP contribution < -0.4 is 0 Å². The average molecular weight is 267 g/mol. The molecule has 0 unspecified atom stereocenters. The molecular weight excluding hydrogens is 254 g/mol. The first kappa shape index (κ1) is 11.0. The fourth-order valence-electron chi connectivity index (χ4n) is 2.49. The lowest BCUT2D eigenvalue weighted by Gasteiger charge is -2.13. The topological polar surface area (TPSA) is 21.6 Å². The summed E-state index contributed by atoms with van der Waals surface area (Å²) in [5.41, 5.74) is 1.09. The van der Waals surface area contributed by atoms with Crippen LogP contribution in [0.5, 0.6) is 0 Å². The summed E-state index contributed by atoms with van der Waals surface area (Å²) in [6, 6.07) is 15.0. The fourth-order valence-corrected chi connectivity index (χ4v) is 3.58. The molecule has 0 atom stereocenters. The number of thiophene rings is 1. The molecule has 0 saturated carbocycles. The highest BCUT2D eigenvalue weighted by Gasteiger charge is 2.11. The van der Waals surface area contributed by atoms with Crippen LogP contribution in [0, 0.1) is 0 Å². The van der Waals surface area contributed by atoms with Gasteiger partial charge in [0.2, 0.25) is 5.90 Å². The molecule has 2 aromatic carbocycles. The lowest BCUT2D eigenvalue weighted by Crippen LogP contribution is -2.14. The van der Waals surface area contributed by atoms with E-state index in [-0.39, 0.29) is 0 Å². The van der Waals surface area contributed by atoms with Crippen molar-refractivity contribution in [3.8, 4) is 0 Å². The van der Waals surface area contributed by atoms with Gasteiger partial charge in [-0.3, -0.25) is 4.99 Å². The summed E-state index contributed by atoms with van der Waals surface area (Å²) in [6.07, 6.45) is 1.02. The quantitative estimate of drug-likeness (QED) is 0.647. The Morgan fingerprint density at radius 2 is 1.89 bits per heavy atom. The summed E-state index contributed by atoms with van der Waals surface area (Å²) in [7, 11) is 0. The largest absolute Gasteiger partial charge is 0.477 e. The molecule has 1 aliphatic heterocycles. The van der Waals surface area contributed by atoms with E-state index in [1.807, 2.05) is 11.3 Å². The van der Waals surface area contributed by atoms with Crippen molar-refractivity contribution >= 4 is 37.4 Å². The van der Waals surface area contributed by atoms with Gasteiger partial charge < -0.3 is 4.74 Å². The first-order valence-corrected chi connectivity index (χ1v) is 7.32. The maximum atomic E-state index is 5.65. The molecule has 0 saturated heterocycles. The Balaban J connectivity index is 1.94. The van der Waals surface area contributed by atoms with Gasteiger partial charge in [0.1, 0.15) is 0 Å². The SMILES string of the molecule is c1ccc2c(c1)sc1ccc(C3=NCCCO3)cc12. The van der Waals surface area contributed by atoms with Crippen molar-refractivity contribution in [3.05, 3.63) is 48.0 Å². The van der Waals surface area contributed by atoms with Gasteiger partial charge in [0.25, 0.3) is 0 Å². The van der Waals surface area contributed by atoms with E-state index in [1.165, 1.54) is 20.2 Å². The highest BCUT2D eigenvalue weighted by Crippen LogP contribution is 2.34. The molecule has 3 aromatic rings. The average Bonchev–Trinajstić information content (AvgIpc) is 2.86. The second-order valence-electron chi connectivity index (χ2n) is 4.70. The van der Waals surface area contributed by atoms with Gasteiger partial charge in [-0.25, -0.2) is 0 Å². The van der Waals surface area contributed by atoms with Gasteiger partial charge in [-0.05, 0) is 24.3 Å². The van der Waals surface area contributed by atoms with E-state index >= 15 is 0 Å². The van der Waals surface area contributed by atoms with E-state index in [0.717, 1.165) is 31.0 Å². The molecule has 94 valence electrons. The molecule has 1 aromatic heterocycles.